The van der Waals surface area contributed by atoms with E-state index in [1.54, 1.807) is 7.11 Å². The lowest BCUT2D eigenvalue weighted by Crippen LogP contribution is -2.21. The summed E-state index contributed by atoms with van der Waals surface area (Å²) in [6.07, 6.45) is 4.97. The first kappa shape index (κ1) is 15.3. The Labute approximate surface area is 121 Å². The van der Waals surface area contributed by atoms with Crippen LogP contribution in [0.1, 0.15) is 50.5 Å². The molecule has 2 rings (SSSR count). The number of hydrogen-bond donors (Lipinski definition) is 1. The summed E-state index contributed by atoms with van der Waals surface area (Å²) in [5.74, 6) is 2.18. The zero-order valence-electron chi connectivity index (χ0n) is 12.5. The van der Waals surface area contributed by atoms with E-state index < -0.39 is 6.29 Å². The quantitative estimate of drug-likeness (QED) is 0.806. The van der Waals surface area contributed by atoms with E-state index in [1.807, 2.05) is 19.1 Å². The summed E-state index contributed by atoms with van der Waals surface area (Å²) in [6.45, 7) is 2.51. The monoisotopic (exact) mass is 278 g/mol. The standard InChI is InChI=1S/C17H26O3/c1-3-20-17(18)12-13-4-6-14(7-5-13)15-8-10-16(19-2)11-9-15/h8-11,13-14,17-18H,3-7,12H2,1-2H3. The van der Waals surface area contributed by atoms with Crippen LogP contribution in [0.2, 0.25) is 0 Å². The molecular formula is C17H26O3. The molecular weight excluding hydrogens is 252 g/mol. The van der Waals surface area contributed by atoms with E-state index in [0.717, 1.165) is 12.2 Å². The van der Waals surface area contributed by atoms with E-state index >= 15 is 0 Å². The lowest BCUT2D eigenvalue weighted by molar-refractivity contribution is -0.109. The highest BCUT2D eigenvalue weighted by Gasteiger charge is 2.24. The van der Waals surface area contributed by atoms with Crippen LogP contribution in [-0.4, -0.2) is 25.1 Å². The van der Waals surface area contributed by atoms with Gasteiger partial charge in [-0.15, -0.1) is 0 Å². The largest absolute Gasteiger partial charge is 0.497 e. The second-order valence-electron chi connectivity index (χ2n) is 5.64. The molecule has 0 spiro atoms. The van der Waals surface area contributed by atoms with Gasteiger partial charge < -0.3 is 14.6 Å². The molecule has 1 aromatic rings. The van der Waals surface area contributed by atoms with Crippen LogP contribution < -0.4 is 4.74 Å². The molecule has 1 fully saturated rings. The number of methoxy groups -OCH3 is 1. The van der Waals surface area contributed by atoms with E-state index in [-0.39, 0.29) is 0 Å². The Balaban J connectivity index is 1.81. The fourth-order valence-electron chi connectivity index (χ4n) is 3.15. The predicted octanol–water partition coefficient (Wildman–Crippen LogP) is 3.71. The zero-order valence-corrected chi connectivity index (χ0v) is 12.5. The summed E-state index contributed by atoms with van der Waals surface area (Å²) in [6, 6.07) is 8.44. The molecule has 20 heavy (non-hydrogen) atoms. The Morgan fingerprint density at radius 2 is 1.80 bits per heavy atom. The fourth-order valence-corrected chi connectivity index (χ4v) is 3.15. The van der Waals surface area contributed by atoms with Crippen molar-refractivity contribution in [3.63, 3.8) is 0 Å². The Bertz CT molecular complexity index is 380. The molecule has 0 bridgehead atoms. The first-order chi connectivity index (χ1) is 9.72. The van der Waals surface area contributed by atoms with Crippen molar-refractivity contribution in [2.45, 2.75) is 51.2 Å². The number of benzene rings is 1. The summed E-state index contributed by atoms with van der Waals surface area (Å²) in [7, 11) is 1.70. The molecule has 0 heterocycles. The van der Waals surface area contributed by atoms with Gasteiger partial charge in [-0.25, -0.2) is 0 Å². The van der Waals surface area contributed by atoms with E-state index in [2.05, 4.69) is 12.1 Å². The van der Waals surface area contributed by atoms with Crippen molar-refractivity contribution >= 4 is 0 Å². The minimum atomic E-state index is -0.581. The van der Waals surface area contributed by atoms with Crippen molar-refractivity contribution in [1.82, 2.24) is 0 Å². The van der Waals surface area contributed by atoms with Crippen LogP contribution in [0.4, 0.5) is 0 Å². The lowest BCUT2D eigenvalue weighted by atomic mass is 9.77. The summed E-state index contributed by atoms with van der Waals surface area (Å²) in [5, 5.41) is 9.71. The molecule has 1 atom stereocenters. The van der Waals surface area contributed by atoms with Gasteiger partial charge in [0.25, 0.3) is 0 Å². The van der Waals surface area contributed by atoms with E-state index in [4.69, 9.17) is 9.47 Å². The SMILES string of the molecule is CCOC(O)CC1CCC(c2ccc(OC)cc2)CC1. The molecule has 1 aromatic carbocycles. The first-order valence-electron chi connectivity index (χ1n) is 7.66. The number of aliphatic hydroxyl groups excluding tert-OH is 1. The van der Waals surface area contributed by atoms with Crippen LogP contribution in [-0.2, 0) is 4.74 Å². The predicted molar refractivity (Wildman–Crippen MR) is 79.9 cm³/mol. The Morgan fingerprint density at radius 3 is 2.35 bits per heavy atom. The molecule has 1 unspecified atom stereocenters. The van der Waals surface area contributed by atoms with E-state index in [1.165, 1.54) is 31.2 Å². The van der Waals surface area contributed by atoms with Gasteiger partial charge in [-0.1, -0.05) is 12.1 Å². The maximum absolute atomic E-state index is 9.71. The Kier molecular flexibility index (Phi) is 5.86. The van der Waals surface area contributed by atoms with Crippen LogP contribution in [0, 0.1) is 5.92 Å². The van der Waals surface area contributed by atoms with Crippen molar-refractivity contribution in [1.29, 1.82) is 0 Å². The first-order valence-corrected chi connectivity index (χ1v) is 7.66. The van der Waals surface area contributed by atoms with E-state index in [9.17, 15) is 5.11 Å². The van der Waals surface area contributed by atoms with Gasteiger partial charge in [0.2, 0.25) is 0 Å². The Morgan fingerprint density at radius 1 is 1.15 bits per heavy atom. The maximum atomic E-state index is 9.71. The topological polar surface area (TPSA) is 38.7 Å². The zero-order chi connectivity index (χ0) is 14.4. The number of aliphatic hydroxyl groups is 1. The lowest BCUT2D eigenvalue weighted by Gasteiger charge is -2.30. The molecule has 3 nitrogen and oxygen atoms in total. The second kappa shape index (κ2) is 7.65. The van der Waals surface area contributed by atoms with Crippen LogP contribution in [0.5, 0.6) is 5.75 Å². The Hall–Kier alpha value is -1.06. The van der Waals surface area contributed by atoms with Gasteiger partial charge in [0.05, 0.1) is 7.11 Å². The highest BCUT2D eigenvalue weighted by molar-refractivity contribution is 5.29. The molecule has 0 saturated heterocycles. The average Bonchev–Trinajstić information content (AvgIpc) is 2.48. The minimum Gasteiger partial charge on any atom is -0.497 e. The molecule has 1 aliphatic rings. The third-order valence-electron chi connectivity index (χ3n) is 4.33. The summed E-state index contributed by atoms with van der Waals surface area (Å²) < 4.78 is 10.4. The summed E-state index contributed by atoms with van der Waals surface area (Å²) in [4.78, 5) is 0. The molecule has 1 aliphatic carbocycles. The van der Waals surface area contributed by atoms with Crippen molar-refractivity contribution in [2.24, 2.45) is 5.92 Å². The van der Waals surface area contributed by atoms with Gasteiger partial charge in [0.1, 0.15) is 5.75 Å². The molecule has 0 radical (unpaired) electrons. The van der Waals surface area contributed by atoms with Crippen LogP contribution in [0.25, 0.3) is 0 Å². The van der Waals surface area contributed by atoms with Gasteiger partial charge in [-0.3, -0.25) is 0 Å². The molecule has 112 valence electrons. The van der Waals surface area contributed by atoms with Gasteiger partial charge >= 0.3 is 0 Å². The number of rotatable bonds is 6. The van der Waals surface area contributed by atoms with Crippen LogP contribution in [0.3, 0.4) is 0 Å². The summed E-state index contributed by atoms with van der Waals surface area (Å²) >= 11 is 0. The average molecular weight is 278 g/mol. The molecule has 3 heteroatoms. The van der Waals surface area contributed by atoms with Crippen molar-refractivity contribution in [3.8, 4) is 5.75 Å². The van der Waals surface area contributed by atoms with Crippen molar-refractivity contribution in [3.05, 3.63) is 29.8 Å². The number of ether oxygens (including phenoxy) is 2. The number of hydrogen-bond acceptors (Lipinski definition) is 3. The van der Waals surface area contributed by atoms with E-state index in [0.29, 0.717) is 18.4 Å². The normalized spacial score (nSPS) is 24.4. The smallest absolute Gasteiger partial charge is 0.154 e. The highest BCUT2D eigenvalue weighted by atomic mass is 16.6. The third-order valence-corrected chi connectivity index (χ3v) is 4.33. The van der Waals surface area contributed by atoms with Crippen molar-refractivity contribution in [2.75, 3.05) is 13.7 Å². The van der Waals surface area contributed by atoms with Crippen LogP contribution >= 0.6 is 0 Å². The fraction of sp³-hybridized carbons (Fsp3) is 0.647. The molecule has 0 aliphatic heterocycles. The van der Waals surface area contributed by atoms with Crippen LogP contribution in [0.15, 0.2) is 24.3 Å². The summed E-state index contributed by atoms with van der Waals surface area (Å²) in [5.41, 5.74) is 1.41. The highest BCUT2D eigenvalue weighted by Crippen LogP contribution is 2.37. The van der Waals surface area contributed by atoms with Gasteiger partial charge in [-0.2, -0.15) is 0 Å². The van der Waals surface area contributed by atoms with Crippen molar-refractivity contribution < 1.29 is 14.6 Å². The minimum absolute atomic E-state index is 0.581. The van der Waals surface area contributed by atoms with Gasteiger partial charge in [-0.05, 0) is 62.1 Å². The molecule has 1 saturated carbocycles. The molecule has 1 N–H and O–H groups in total. The molecule has 0 aromatic heterocycles. The third kappa shape index (κ3) is 4.22. The second-order valence-corrected chi connectivity index (χ2v) is 5.64. The maximum Gasteiger partial charge on any atom is 0.154 e. The van der Waals surface area contributed by atoms with Gasteiger partial charge in [0, 0.05) is 13.0 Å². The van der Waals surface area contributed by atoms with Gasteiger partial charge in [0.15, 0.2) is 6.29 Å². The molecule has 0 amide bonds.